The van der Waals surface area contributed by atoms with Crippen LogP contribution >= 0.6 is 0 Å². The van der Waals surface area contributed by atoms with Crippen LogP contribution in [-0.4, -0.2) is 23.6 Å². The molecule has 0 aliphatic carbocycles. The Kier molecular flexibility index (Phi) is 3.97. The van der Waals surface area contributed by atoms with Gasteiger partial charge in [0.25, 0.3) is 0 Å². The van der Waals surface area contributed by atoms with Crippen LogP contribution in [0, 0.1) is 5.92 Å². The van der Waals surface area contributed by atoms with E-state index in [1.807, 2.05) is 6.92 Å². The van der Waals surface area contributed by atoms with Gasteiger partial charge in [-0.2, -0.15) is 0 Å². The van der Waals surface area contributed by atoms with E-state index >= 15 is 0 Å². The topological polar surface area (TPSA) is 52.6 Å². The van der Waals surface area contributed by atoms with Crippen LogP contribution in [0.4, 0.5) is 0 Å². The summed E-state index contributed by atoms with van der Waals surface area (Å²) in [6.45, 7) is 7.83. The number of esters is 2. The molecule has 2 aliphatic rings. The minimum Gasteiger partial charge on any atom is -0.456 e. The van der Waals surface area contributed by atoms with Crippen LogP contribution < -0.4 is 0 Å². The fourth-order valence-corrected chi connectivity index (χ4v) is 3.08. The van der Waals surface area contributed by atoms with Gasteiger partial charge in [-0.1, -0.05) is 39.2 Å². The van der Waals surface area contributed by atoms with Gasteiger partial charge >= 0.3 is 11.9 Å². The van der Waals surface area contributed by atoms with Crippen molar-refractivity contribution in [3.8, 4) is 0 Å². The van der Waals surface area contributed by atoms with Gasteiger partial charge in [0.15, 0.2) is 0 Å². The van der Waals surface area contributed by atoms with Crippen LogP contribution in [0.1, 0.15) is 52.4 Å². The molecule has 4 heteroatoms. The lowest BCUT2D eigenvalue weighted by Crippen LogP contribution is -2.34. The highest BCUT2D eigenvalue weighted by molar-refractivity contribution is 5.97. The zero-order valence-electron chi connectivity index (χ0n) is 11.7. The molecule has 0 saturated carbocycles. The standard InChI is InChI=1S/C15H22O4/c1-4-5-6-7-8-9-15(3)11-10(2)13(16)18-12(11)14(17)19-15/h11-12H,2,4-9H2,1,3H3/t11-,12+,15+/m0/s1. The van der Waals surface area contributed by atoms with E-state index in [4.69, 9.17) is 9.47 Å². The summed E-state index contributed by atoms with van der Waals surface area (Å²) in [5.41, 5.74) is -0.246. The average Bonchev–Trinajstić information content (AvgIpc) is 2.78. The minimum atomic E-state index is -0.763. The van der Waals surface area contributed by atoms with Gasteiger partial charge in [-0.05, 0) is 19.8 Å². The summed E-state index contributed by atoms with van der Waals surface area (Å²) in [4.78, 5) is 23.3. The molecule has 4 nitrogen and oxygen atoms in total. The Morgan fingerprint density at radius 2 is 1.89 bits per heavy atom. The van der Waals surface area contributed by atoms with Crippen molar-refractivity contribution < 1.29 is 19.1 Å². The Morgan fingerprint density at radius 1 is 1.21 bits per heavy atom. The second kappa shape index (κ2) is 5.35. The number of unbranched alkanes of at least 4 members (excludes halogenated alkanes) is 4. The molecule has 3 atom stereocenters. The first-order chi connectivity index (χ1) is 8.99. The first-order valence-electron chi connectivity index (χ1n) is 7.12. The number of cyclic esters (lactones) is 1. The molecule has 106 valence electrons. The summed E-state index contributed by atoms with van der Waals surface area (Å²) in [7, 11) is 0. The number of rotatable bonds is 6. The average molecular weight is 266 g/mol. The summed E-state index contributed by atoms with van der Waals surface area (Å²) >= 11 is 0. The second-order valence-corrected chi connectivity index (χ2v) is 5.73. The van der Waals surface area contributed by atoms with Gasteiger partial charge < -0.3 is 9.47 Å². The Hall–Kier alpha value is -1.32. The third-order valence-electron chi connectivity index (χ3n) is 4.18. The fourth-order valence-electron chi connectivity index (χ4n) is 3.08. The van der Waals surface area contributed by atoms with Crippen LogP contribution in [0.25, 0.3) is 0 Å². The van der Waals surface area contributed by atoms with Crippen LogP contribution in [0.2, 0.25) is 0 Å². The van der Waals surface area contributed by atoms with Crippen LogP contribution in [-0.2, 0) is 19.1 Å². The lowest BCUT2D eigenvalue weighted by molar-refractivity contribution is -0.160. The van der Waals surface area contributed by atoms with Gasteiger partial charge in [-0.15, -0.1) is 0 Å². The highest BCUT2D eigenvalue weighted by atomic mass is 16.6. The lowest BCUT2D eigenvalue weighted by Gasteiger charge is -2.27. The third kappa shape index (κ3) is 2.53. The maximum atomic E-state index is 11.8. The molecule has 0 aromatic carbocycles. The number of carbonyl (C=O) groups is 2. The van der Waals surface area contributed by atoms with Crippen LogP contribution in [0.15, 0.2) is 12.2 Å². The predicted octanol–water partition coefficient (Wildman–Crippen LogP) is 2.76. The molecule has 0 aromatic rings. The minimum absolute atomic E-state index is 0.307. The molecular formula is C15H22O4. The third-order valence-corrected chi connectivity index (χ3v) is 4.18. The van der Waals surface area contributed by atoms with E-state index in [-0.39, 0.29) is 5.92 Å². The van der Waals surface area contributed by atoms with Crippen molar-refractivity contribution in [3.05, 3.63) is 12.2 Å². The van der Waals surface area contributed by atoms with E-state index in [1.165, 1.54) is 19.3 Å². The summed E-state index contributed by atoms with van der Waals surface area (Å²) in [6, 6.07) is 0. The van der Waals surface area contributed by atoms with Gasteiger partial charge in [0, 0.05) is 5.57 Å². The molecule has 2 fully saturated rings. The zero-order valence-corrected chi connectivity index (χ0v) is 11.7. The van der Waals surface area contributed by atoms with Crippen LogP contribution in [0.3, 0.4) is 0 Å². The molecule has 0 radical (unpaired) electrons. The molecular weight excluding hydrogens is 244 g/mol. The van der Waals surface area contributed by atoms with Gasteiger partial charge in [0.1, 0.15) is 5.60 Å². The Bertz CT molecular complexity index is 401. The quantitative estimate of drug-likeness (QED) is 0.421. The second-order valence-electron chi connectivity index (χ2n) is 5.73. The Labute approximate surface area is 114 Å². The highest BCUT2D eigenvalue weighted by Crippen LogP contribution is 2.46. The molecule has 0 N–H and O–H groups in total. The van der Waals surface area contributed by atoms with E-state index in [9.17, 15) is 9.59 Å². The van der Waals surface area contributed by atoms with E-state index < -0.39 is 23.6 Å². The highest BCUT2D eigenvalue weighted by Gasteiger charge is 2.60. The fraction of sp³-hybridized carbons (Fsp3) is 0.733. The molecule has 0 aromatic heterocycles. The van der Waals surface area contributed by atoms with Crippen LogP contribution in [0.5, 0.6) is 0 Å². The van der Waals surface area contributed by atoms with Gasteiger partial charge in [0.05, 0.1) is 5.92 Å². The summed E-state index contributed by atoms with van der Waals surface area (Å²) in [5, 5.41) is 0. The molecule has 0 spiro atoms. The van der Waals surface area contributed by atoms with Gasteiger partial charge in [-0.25, -0.2) is 9.59 Å². The molecule has 0 bridgehead atoms. The number of fused-ring (bicyclic) bond motifs is 1. The number of ether oxygens (including phenoxy) is 2. The maximum Gasteiger partial charge on any atom is 0.348 e. The van der Waals surface area contributed by atoms with Gasteiger partial charge in [-0.3, -0.25) is 0 Å². The van der Waals surface area contributed by atoms with E-state index in [0.29, 0.717) is 5.57 Å². The van der Waals surface area contributed by atoms with Crippen molar-refractivity contribution in [2.45, 2.75) is 64.1 Å². The number of hydrogen-bond acceptors (Lipinski definition) is 4. The van der Waals surface area contributed by atoms with Gasteiger partial charge in [0.2, 0.25) is 6.10 Å². The van der Waals surface area contributed by atoms with Crippen molar-refractivity contribution >= 4 is 11.9 Å². The summed E-state index contributed by atoms with van der Waals surface area (Å²) in [6.07, 6.45) is 5.76. The first kappa shape index (κ1) is 14.1. The van der Waals surface area contributed by atoms with E-state index in [0.717, 1.165) is 19.3 Å². The van der Waals surface area contributed by atoms with Crippen molar-refractivity contribution in [2.24, 2.45) is 5.92 Å². The monoisotopic (exact) mass is 266 g/mol. The first-order valence-corrected chi connectivity index (χ1v) is 7.12. The Balaban J connectivity index is 1.96. The number of hydrogen-bond donors (Lipinski definition) is 0. The molecule has 2 aliphatic heterocycles. The molecule has 0 amide bonds. The molecule has 2 heterocycles. The van der Waals surface area contributed by atoms with Crippen molar-refractivity contribution in [1.29, 1.82) is 0 Å². The molecule has 2 saturated heterocycles. The zero-order chi connectivity index (χ0) is 14.0. The molecule has 19 heavy (non-hydrogen) atoms. The molecule has 0 unspecified atom stereocenters. The number of carbonyl (C=O) groups excluding carboxylic acids is 2. The van der Waals surface area contributed by atoms with Crippen molar-refractivity contribution in [1.82, 2.24) is 0 Å². The maximum absolute atomic E-state index is 11.8. The van der Waals surface area contributed by atoms with Crippen molar-refractivity contribution in [3.63, 3.8) is 0 Å². The van der Waals surface area contributed by atoms with E-state index in [2.05, 4.69) is 13.5 Å². The molecule has 2 rings (SSSR count). The summed E-state index contributed by atoms with van der Waals surface area (Å²) in [5.74, 6) is -1.18. The lowest BCUT2D eigenvalue weighted by atomic mass is 9.80. The summed E-state index contributed by atoms with van der Waals surface area (Å²) < 4.78 is 10.5. The van der Waals surface area contributed by atoms with Crippen molar-refractivity contribution in [2.75, 3.05) is 0 Å². The smallest absolute Gasteiger partial charge is 0.348 e. The predicted molar refractivity (Wildman–Crippen MR) is 70.4 cm³/mol. The Morgan fingerprint density at radius 3 is 2.58 bits per heavy atom. The van der Waals surface area contributed by atoms with E-state index in [1.54, 1.807) is 0 Å². The normalized spacial score (nSPS) is 33.3. The SMILES string of the molecule is C=C1C(=O)O[C@H]2C(=O)O[C@](C)(CCCCCCC)[C@@H]12. The largest absolute Gasteiger partial charge is 0.456 e.